The lowest BCUT2D eigenvalue weighted by Crippen LogP contribution is -2.22. The number of carbonyl (C=O) groups is 2. The van der Waals surface area contributed by atoms with Gasteiger partial charge in [0.05, 0.1) is 13.2 Å². The van der Waals surface area contributed by atoms with Crippen LogP contribution in [0.1, 0.15) is 26.3 Å². The van der Waals surface area contributed by atoms with Crippen molar-refractivity contribution >= 4 is 12.1 Å². The summed E-state index contributed by atoms with van der Waals surface area (Å²) in [5, 5.41) is 11.0. The summed E-state index contributed by atoms with van der Waals surface area (Å²) in [5.74, 6) is 1.95. The van der Waals surface area contributed by atoms with E-state index in [1.807, 2.05) is 38.1 Å². The Labute approximate surface area is 218 Å². The molecule has 1 amide bonds. The number of carbonyl (C=O) groups excluding carboxylic acids is 2. The number of para-hydroxylation sites is 3. The number of hydrogen-bond acceptors (Lipinski definition) is 7. The fourth-order valence-electron chi connectivity index (χ4n) is 2.71. The van der Waals surface area contributed by atoms with Gasteiger partial charge in [-0.15, -0.1) is 6.58 Å². The van der Waals surface area contributed by atoms with Crippen LogP contribution in [0.25, 0.3) is 0 Å². The van der Waals surface area contributed by atoms with E-state index in [0.717, 1.165) is 12.0 Å². The summed E-state index contributed by atoms with van der Waals surface area (Å²) in [4.78, 5) is 21.8. The summed E-state index contributed by atoms with van der Waals surface area (Å²) >= 11 is 0. The minimum atomic E-state index is -0.505. The van der Waals surface area contributed by atoms with Crippen LogP contribution < -0.4 is 24.3 Å². The molecular weight excluding hydrogens is 474 g/mol. The average molecular weight is 510 g/mol. The highest BCUT2D eigenvalue weighted by Crippen LogP contribution is 2.28. The lowest BCUT2D eigenvalue weighted by molar-refractivity contribution is -0.132. The van der Waals surface area contributed by atoms with Gasteiger partial charge in [-0.1, -0.05) is 42.5 Å². The van der Waals surface area contributed by atoms with Gasteiger partial charge in [0.15, 0.2) is 23.0 Å². The molecular formula is C29H35NO7. The maximum Gasteiger partial charge on any atom is 0.412 e. The van der Waals surface area contributed by atoms with Crippen molar-refractivity contribution in [2.24, 2.45) is 0 Å². The monoisotopic (exact) mass is 509 g/mol. The van der Waals surface area contributed by atoms with Gasteiger partial charge in [-0.3, -0.25) is 4.79 Å². The van der Waals surface area contributed by atoms with Crippen molar-refractivity contribution in [1.82, 2.24) is 5.32 Å². The largest absolute Gasteiger partial charge is 0.508 e. The number of nitrogens with one attached hydrogen (secondary N) is 1. The summed E-state index contributed by atoms with van der Waals surface area (Å²) in [6, 6.07) is 21.2. The molecule has 3 rings (SSSR count). The van der Waals surface area contributed by atoms with Crippen molar-refractivity contribution in [3.8, 4) is 28.7 Å². The number of aromatic hydroxyl groups is 1. The molecule has 0 saturated carbocycles. The first-order chi connectivity index (χ1) is 17.7. The van der Waals surface area contributed by atoms with Crippen LogP contribution >= 0.6 is 0 Å². The van der Waals surface area contributed by atoms with E-state index in [0.29, 0.717) is 28.7 Å². The smallest absolute Gasteiger partial charge is 0.412 e. The first-order valence-corrected chi connectivity index (χ1v) is 11.6. The molecule has 0 radical (unpaired) electrons. The van der Waals surface area contributed by atoms with Crippen molar-refractivity contribution in [2.75, 3.05) is 14.2 Å². The van der Waals surface area contributed by atoms with Crippen molar-refractivity contribution in [3.05, 3.63) is 91.0 Å². The number of ether oxygens (including phenoxy) is 4. The third kappa shape index (κ3) is 12.7. The molecule has 0 atom stereocenters. The van der Waals surface area contributed by atoms with Crippen molar-refractivity contribution in [2.45, 2.75) is 33.3 Å². The Hall–Kier alpha value is -4.46. The molecule has 2 N–H and O–H groups in total. The molecule has 0 fully saturated rings. The zero-order valence-electron chi connectivity index (χ0n) is 21.9. The van der Waals surface area contributed by atoms with Crippen LogP contribution in [0.3, 0.4) is 0 Å². The number of esters is 1. The Morgan fingerprint density at radius 1 is 0.919 bits per heavy atom. The van der Waals surface area contributed by atoms with Crippen LogP contribution in [0.5, 0.6) is 28.7 Å². The second-order valence-electron chi connectivity index (χ2n) is 7.66. The number of phenols is 1. The Morgan fingerprint density at radius 2 is 1.51 bits per heavy atom. The number of benzene rings is 3. The molecule has 0 bridgehead atoms. The molecule has 3 aromatic rings. The summed E-state index contributed by atoms with van der Waals surface area (Å²) in [7, 11) is 3.05. The fourth-order valence-corrected chi connectivity index (χ4v) is 2.71. The molecule has 8 heteroatoms. The maximum absolute atomic E-state index is 11.0. The van der Waals surface area contributed by atoms with Gasteiger partial charge < -0.3 is 29.4 Å². The average Bonchev–Trinajstić information content (AvgIpc) is 2.87. The summed E-state index contributed by atoms with van der Waals surface area (Å²) in [5.41, 5.74) is 1.07. The predicted octanol–water partition coefficient (Wildman–Crippen LogP) is 5.93. The van der Waals surface area contributed by atoms with E-state index in [1.54, 1.807) is 61.7 Å². The number of methoxy groups -OCH3 is 1. The lowest BCUT2D eigenvalue weighted by Gasteiger charge is -2.13. The summed E-state index contributed by atoms with van der Waals surface area (Å²) in [6.45, 7) is 8.84. The van der Waals surface area contributed by atoms with Crippen molar-refractivity contribution in [1.29, 1.82) is 0 Å². The van der Waals surface area contributed by atoms with Crippen molar-refractivity contribution < 1.29 is 33.6 Å². The Morgan fingerprint density at radius 3 is 2.00 bits per heavy atom. The molecule has 8 nitrogen and oxygen atoms in total. The first kappa shape index (κ1) is 30.6. The van der Waals surface area contributed by atoms with E-state index in [2.05, 4.69) is 11.9 Å². The van der Waals surface area contributed by atoms with E-state index in [1.165, 1.54) is 14.0 Å². The van der Waals surface area contributed by atoms with Gasteiger partial charge in [-0.2, -0.15) is 0 Å². The van der Waals surface area contributed by atoms with Crippen LogP contribution in [0.4, 0.5) is 4.79 Å². The van der Waals surface area contributed by atoms with Crippen LogP contribution in [0.15, 0.2) is 85.5 Å². The van der Waals surface area contributed by atoms with E-state index >= 15 is 0 Å². The second-order valence-corrected chi connectivity index (χ2v) is 7.66. The quantitative estimate of drug-likeness (QED) is 0.231. The molecule has 0 aliphatic rings. The van der Waals surface area contributed by atoms with Crippen molar-refractivity contribution in [3.63, 3.8) is 0 Å². The van der Waals surface area contributed by atoms with Gasteiger partial charge in [0.25, 0.3) is 0 Å². The number of amides is 1. The van der Waals surface area contributed by atoms with E-state index < -0.39 is 6.09 Å². The zero-order chi connectivity index (χ0) is 27.6. The number of rotatable bonds is 7. The molecule has 0 spiro atoms. The van der Waals surface area contributed by atoms with Gasteiger partial charge in [-0.25, -0.2) is 4.79 Å². The van der Waals surface area contributed by atoms with Gasteiger partial charge in [0.1, 0.15) is 5.75 Å². The Balaban J connectivity index is 0.000000295. The number of phenolic OH excluding ortho intramolecular Hbond substituents is 1. The molecule has 0 aliphatic heterocycles. The third-order valence-corrected chi connectivity index (χ3v) is 4.24. The first-order valence-electron chi connectivity index (χ1n) is 11.6. The van der Waals surface area contributed by atoms with Gasteiger partial charge >= 0.3 is 12.1 Å². The SMILES string of the molecule is C=CCc1ccc(OC(C)=O)c(OC)c1.CNC(=O)Oc1ccccc1OC(C)C.Oc1ccccc1. The molecule has 0 aliphatic carbocycles. The van der Waals surface area contributed by atoms with Gasteiger partial charge in [0, 0.05) is 14.0 Å². The topological polar surface area (TPSA) is 103 Å². The normalized spacial score (nSPS) is 9.46. The number of hydrogen-bond donors (Lipinski definition) is 2. The van der Waals surface area contributed by atoms with Crippen LogP contribution in [0, 0.1) is 0 Å². The minimum absolute atomic E-state index is 0.0411. The highest BCUT2D eigenvalue weighted by Gasteiger charge is 2.09. The highest BCUT2D eigenvalue weighted by molar-refractivity contribution is 5.71. The standard InChI is InChI=1S/C12H14O3.C11H15NO3.C6H6O/c1-4-5-10-6-7-11(15-9(2)13)12(8-10)14-3;1-8(2)14-9-6-4-5-7-10(9)15-11(13)12-3;7-6-4-2-1-3-5-6/h4,6-8H,1,5H2,2-3H3;4-8H,1-3H3,(H,12,13);1-5,7H. The van der Waals surface area contributed by atoms with E-state index in [-0.39, 0.29) is 12.1 Å². The minimum Gasteiger partial charge on any atom is -0.508 e. The highest BCUT2D eigenvalue weighted by atomic mass is 16.6. The molecule has 0 unspecified atom stereocenters. The zero-order valence-corrected chi connectivity index (χ0v) is 21.9. The molecule has 37 heavy (non-hydrogen) atoms. The number of allylic oxidation sites excluding steroid dienone is 1. The van der Waals surface area contributed by atoms with Gasteiger partial charge in [0.2, 0.25) is 0 Å². The molecule has 0 aromatic heterocycles. The molecule has 0 heterocycles. The molecule has 198 valence electrons. The molecule has 0 saturated heterocycles. The fraction of sp³-hybridized carbons (Fsp3) is 0.241. The Kier molecular flexibility index (Phi) is 14.1. The van der Waals surface area contributed by atoms with E-state index in [4.69, 9.17) is 24.1 Å². The lowest BCUT2D eigenvalue weighted by atomic mass is 10.1. The van der Waals surface area contributed by atoms with E-state index in [9.17, 15) is 9.59 Å². The Bertz CT molecular complexity index is 1110. The second kappa shape index (κ2) is 17.0. The summed E-state index contributed by atoms with van der Waals surface area (Å²) in [6.07, 6.45) is 2.10. The molecule has 3 aromatic carbocycles. The maximum atomic E-state index is 11.0. The summed E-state index contributed by atoms with van der Waals surface area (Å²) < 4.78 is 20.6. The third-order valence-electron chi connectivity index (χ3n) is 4.24. The van der Waals surface area contributed by atoms with Crippen LogP contribution in [-0.2, 0) is 11.2 Å². The van der Waals surface area contributed by atoms with Crippen LogP contribution in [-0.4, -0.2) is 37.4 Å². The predicted molar refractivity (Wildman–Crippen MR) is 144 cm³/mol. The van der Waals surface area contributed by atoms with Crippen LogP contribution in [0.2, 0.25) is 0 Å². The van der Waals surface area contributed by atoms with Gasteiger partial charge in [-0.05, 0) is 62.2 Å².